The van der Waals surface area contributed by atoms with Crippen LogP contribution >= 0.6 is 12.4 Å². The lowest BCUT2D eigenvalue weighted by atomic mass is 10.0. The highest BCUT2D eigenvalue weighted by Crippen LogP contribution is 2.19. The average molecular weight is 214 g/mol. The van der Waals surface area contributed by atoms with Crippen LogP contribution in [-0.4, -0.2) is 13.1 Å². The number of halogens is 2. The third kappa shape index (κ3) is 2.56. The van der Waals surface area contributed by atoms with Crippen LogP contribution < -0.4 is 5.32 Å². The van der Waals surface area contributed by atoms with Crippen molar-refractivity contribution in [3.63, 3.8) is 0 Å². The van der Waals surface area contributed by atoms with Gasteiger partial charge in [0.05, 0.1) is 0 Å². The van der Waals surface area contributed by atoms with Gasteiger partial charge in [0.1, 0.15) is 5.82 Å². The summed E-state index contributed by atoms with van der Waals surface area (Å²) in [7, 11) is 0. The van der Waals surface area contributed by atoms with Crippen molar-refractivity contribution in [2.75, 3.05) is 13.1 Å². The summed E-state index contributed by atoms with van der Waals surface area (Å²) >= 11 is 0. The second kappa shape index (κ2) is 5.13. The zero-order chi connectivity index (χ0) is 9.10. The van der Waals surface area contributed by atoms with Crippen molar-refractivity contribution >= 4 is 18.0 Å². The minimum atomic E-state index is -0.156. The van der Waals surface area contributed by atoms with Crippen molar-refractivity contribution in [2.24, 2.45) is 0 Å². The standard InChI is InChI=1S/C11H12FN.ClH/c12-11-3-1-2-10(8-11)9-4-6-13-7-5-9;/h1-4,8,13H,5-7H2;1H. The maximum atomic E-state index is 12.9. The van der Waals surface area contributed by atoms with Crippen molar-refractivity contribution in [2.45, 2.75) is 6.42 Å². The van der Waals surface area contributed by atoms with Gasteiger partial charge in [-0.3, -0.25) is 0 Å². The first-order valence-corrected chi connectivity index (χ1v) is 4.52. The van der Waals surface area contributed by atoms with Crippen LogP contribution in [-0.2, 0) is 0 Å². The molecule has 0 aromatic heterocycles. The molecule has 0 aliphatic carbocycles. The molecular formula is C11H13ClFN. The molecule has 0 spiro atoms. The molecule has 0 saturated heterocycles. The van der Waals surface area contributed by atoms with Gasteiger partial charge in [-0.25, -0.2) is 4.39 Å². The molecule has 0 fully saturated rings. The lowest BCUT2D eigenvalue weighted by Crippen LogP contribution is -2.20. The number of hydrogen-bond acceptors (Lipinski definition) is 1. The largest absolute Gasteiger partial charge is 0.313 e. The molecule has 1 aliphatic rings. The molecule has 0 bridgehead atoms. The van der Waals surface area contributed by atoms with Gasteiger partial charge in [-0.2, -0.15) is 0 Å². The molecule has 76 valence electrons. The van der Waals surface area contributed by atoms with Crippen molar-refractivity contribution in [1.82, 2.24) is 5.32 Å². The molecule has 1 nitrogen and oxygen atoms in total. The molecule has 0 radical (unpaired) electrons. The Hall–Kier alpha value is -0.860. The van der Waals surface area contributed by atoms with E-state index in [1.165, 1.54) is 11.6 Å². The molecule has 2 rings (SSSR count). The van der Waals surface area contributed by atoms with Crippen molar-refractivity contribution in [3.8, 4) is 0 Å². The lowest BCUT2D eigenvalue weighted by Gasteiger charge is -2.13. The van der Waals surface area contributed by atoms with Crippen LogP contribution in [0.25, 0.3) is 5.57 Å². The maximum Gasteiger partial charge on any atom is 0.123 e. The monoisotopic (exact) mass is 213 g/mol. The van der Waals surface area contributed by atoms with E-state index in [1.54, 1.807) is 12.1 Å². The molecule has 1 N–H and O–H groups in total. The lowest BCUT2D eigenvalue weighted by molar-refractivity contribution is 0.627. The molecule has 0 unspecified atom stereocenters. The van der Waals surface area contributed by atoms with Crippen molar-refractivity contribution in [1.29, 1.82) is 0 Å². The third-order valence-electron chi connectivity index (χ3n) is 2.26. The summed E-state index contributed by atoms with van der Waals surface area (Å²) in [4.78, 5) is 0. The van der Waals surface area contributed by atoms with E-state index in [4.69, 9.17) is 0 Å². The Morgan fingerprint density at radius 1 is 1.29 bits per heavy atom. The maximum absolute atomic E-state index is 12.9. The van der Waals surface area contributed by atoms with Crippen molar-refractivity contribution in [3.05, 3.63) is 41.7 Å². The van der Waals surface area contributed by atoms with E-state index in [1.807, 2.05) is 6.07 Å². The first kappa shape index (κ1) is 11.2. The van der Waals surface area contributed by atoms with Crippen LogP contribution in [0, 0.1) is 5.82 Å². The Balaban J connectivity index is 0.000000980. The normalized spacial score (nSPS) is 15.6. The SMILES string of the molecule is Cl.Fc1cccc(C2=CCNCC2)c1. The first-order valence-electron chi connectivity index (χ1n) is 4.52. The Bertz CT molecular complexity index is 336. The number of benzene rings is 1. The number of nitrogens with one attached hydrogen (secondary N) is 1. The van der Waals surface area contributed by atoms with Crippen LogP contribution in [0.3, 0.4) is 0 Å². The highest BCUT2D eigenvalue weighted by atomic mass is 35.5. The second-order valence-electron chi connectivity index (χ2n) is 3.19. The second-order valence-corrected chi connectivity index (χ2v) is 3.19. The zero-order valence-corrected chi connectivity index (χ0v) is 8.61. The fourth-order valence-corrected chi connectivity index (χ4v) is 1.57. The highest BCUT2D eigenvalue weighted by Gasteiger charge is 2.05. The molecule has 0 amide bonds. The van der Waals surface area contributed by atoms with Crippen LogP contribution in [0.15, 0.2) is 30.3 Å². The van der Waals surface area contributed by atoms with Gasteiger partial charge < -0.3 is 5.32 Å². The smallest absolute Gasteiger partial charge is 0.123 e. The molecule has 3 heteroatoms. The Morgan fingerprint density at radius 2 is 2.14 bits per heavy atom. The average Bonchev–Trinajstić information content (AvgIpc) is 2.19. The summed E-state index contributed by atoms with van der Waals surface area (Å²) in [5.41, 5.74) is 2.26. The molecule has 1 heterocycles. The number of rotatable bonds is 1. The van der Waals surface area contributed by atoms with Gasteiger partial charge in [-0.1, -0.05) is 18.2 Å². The van der Waals surface area contributed by atoms with E-state index >= 15 is 0 Å². The van der Waals surface area contributed by atoms with Crippen LogP contribution in [0.2, 0.25) is 0 Å². The van der Waals surface area contributed by atoms with Gasteiger partial charge in [0.15, 0.2) is 0 Å². The summed E-state index contributed by atoms with van der Waals surface area (Å²) in [6, 6.07) is 6.79. The van der Waals surface area contributed by atoms with Crippen LogP contribution in [0.4, 0.5) is 4.39 Å². The minimum Gasteiger partial charge on any atom is -0.313 e. The van der Waals surface area contributed by atoms with Crippen molar-refractivity contribution < 1.29 is 4.39 Å². The van der Waals surface area contributed by atoms with E-state index in [0.29, 0.717) is 0 Å². The predicted molar refractivity (Wildman–Crippen MR) is 59.1 cm³/mol. The molecule has 1 aliphatic heterocycles. The minimum absolute atomic E-state index is 0. The van der Waals surface area contributed by atoms with Gasteiger partial charge in [-0.05, 0) is 36.2 Å². The Morgan fingerprint density at radius 3 is 2.79 bits per heavy atom. The fourth-order valence-electron chi connectivity index (χ4n) is 1.57. The van der Waals surface area contributed by atoms with E-state index in [9.17, 15) is 4.39 Å². The molecule has 1 aromatic carbocycles. The van der Waals surface area contributed by atoms with Gasteiger partial charge in [-0.15, -0.1) is 12.4 Å². The summed E-state index contributed by atoms with van der Waals surface area (Å²) in [6.45, 7) is 1.88. The van der Waals surface area contributed by atoms with Gasteiger partial charge in [0.2, 0.25) is 0 Å². The molecule has 0 atom stereocenters. The quantitative estimate of drug-likeness (QED) is 0.756. The van der Waals surface area contributed by atoms with Gasteiger partial charge >= 0.3 is 0 Å². The summed E-state index contributed by atoms with van der Waals surface area (Å²) in [5, 5.41) is 3.23. The third-order valence-corrected chi connectivity index (χ3v) is 2.26. The summed E-state index contributed by atoms with van der Waals surface area (Å²) in [5.74, 6) is -0.156. The summed E-state index contributed by atoms with van der Waals surface area (Å²) in [6.07, 6.45) is 3.11. The topological polar surface area (TPSA) is 12.0 Å². The molecule has 1 aromatic rings. The highest BCUT2D eigenvalue weighted by molar-refractivity contribution is 5.85. The Labute approximate surface area is 89.4 Å². The van der Waals surface area contributed by atoms with Crippen LogP contribution in [0.1, 0.15) is 12.0 Å². The van der Waals surface area contributed by atoms with Crippen LogP contribution in [0.5, 0.6) is 0 Å². The molecule has 14 heavy (non-hydrogen) atoms. The van der Waals surface area contributed by atoms with E-state index in [2.05, 4.69) is 11.4 Å². The first-order chi connectivity index (χ1) is 6.36. The fraction of sp³-hybridized carbons (Fsp3) is 0.273. The number of hydrogen-bond donors (Lipinski definition) is 1. The molecular weight excluding hydrogens is 201 g/mol. The summed E-state index contributed by atoms with van der Waals surface area (Å²) < 4.78 is 12.9. The zero-order valence-electron chi connectivity index (χ0n) is 7.79. The molecule has 0 saturated carbocycles. The predicted octanol–water partition coefficient (Wildman–Crippen LogP) is 2.62. The van der Waals surface area contributed by atoms with Gasteiger partial charge in [0, 0.05) is 6.54 Å². The Kier molecular flexibility index (Phi) is 4.11. The van der Waals surface area contributed by atoms with E-state index in [-0.39, 0.29) is 18.2 Å². The van der Waals surface area contributed by atoms with Gasteiger partial charge in [0.25, 0.3) is 0 Å². The van der Waals surface area contributed by atoms with E-state index < -0.39 is 0 Å². The van der Waals surface area contributed by atoms with E-state index in [0.717, 1.165) is 25.1 Å².